The molecule has 0 unspecified atom stereocenters. The van der Waals surface area contributed by atoms with Gasteiger partial charge in [-0.2, -0.15) is 0 Å². The van der Waals surface area contributed by atoms with Crippen LogP contribution in [0.4, 0.5) is 5.69 Å². The molecule has 4 rings (SSSR count). The molecule has 0 aliphatic heterocycles. The summed E-state index contributed by atoms with van der Waals surface area (Å²) >= 11 is 1.36. The number of para-hydroxylation sites is 1. The second-order valence-electron chi connectivity index (χ2n) is 4.56. The van der Waals surface area contributed by atoms with Gasteiger partial charge in [0, 0.05) is 21.8 Å². The van der Waals surface area contributed by atoms with Gasteiger partial charge in [-0.05, 0) is 35.8 Å². The summed E-state index contributed by atoms with van der Waals surface area (Å²) < 4.78 is 9.66. The smallest absolute Gasteiger partial charge is 0.135 e. The first-order valence-electron chi connectivity index (χ1n) is 6.31. The first-order valence-corrected chi connectivity index (χ1v) is 7.15. The van der Waals surface area contributed by atoms with E-state index in [4.69, 9.17) is 4.42 Å². The molecule has 0 amide bonds. The molecular weight excluding hydrogens is 270 g/mol. The number of rotatable bonds is 3. The van der Waals surface area contributed by atoms with E-state index in [0.717, 1.165) is 33.3 Å². The van der Waals surface area contributed by atoms with Crippen molar-refractivity contribution in [1.29, 1.82) is 0 Å². The van der Waals surface area contributed by atoms with Gasteiger partial charge in [0.1, 0.15) is 11.2 Å². The van der Waals surface area contributed by atoms with Crippen LogP contribution in [0.2, 0.25) is 0 Å². The van der Waals surface area contributed by atoms with Crippen LogP contribution < -0.4 is 5.32 Å². The van der Waals surface area contributed by atoms with Crippen molar-refractivity contribution in [1.82, 2.24) is 9.59 Å². The molecule has 0 spiro atoms. The Morgan fingerprint density at radius 1 is 1.05 bits per heavy atom. The summed E-state index contributed by atoms with van der Waals surface area (Å²) in [6.45, 7) is 0.678. The van der Waals surface area contributed by atoms with Gasteiger partial charge in [-0.25, -0.2) is 0 Å². The second kappa shape index (κ2) is 4.61. The fourth-order valence-corrected chi connectivity index (χ4v) is 2.74. The fraction of sp³-hybridized carbons (Fsp3) is 0.0667. The Balaban J connectivity index is 1.72. The maximum Gasteiger partial charge on any atom is 0.135 e. The maximum absolute atomic E-state index is 5.81. The average Bonchev–Trinajstić information content (AvgIpc) is 3.12. The van der Waals surface area contributed by atoms with Crippen molar-refractivity contribution in [3.05, 3.63) is 53.5 Å². The molecule has 0 saturated carbocycles. The standard InChI is InChI=1S/C15H11N3OS/c1-2-4-14-12(3-1)13-7-10(5-6-15(13)19-14)16-8-11-9-20-18-17-11/h1-7,9,16H,8H2. The third-order valence-electron chi connectivity index (χ3n) is 3.26. The third kappa shape index (κ3) is 1.92. The zero-order chi connectivity index (χ0) is 13.4. The van der Waals surface area contributed by atoms with Crippen LogP contribution in [-0.2, 0) is 6.54 Å². The number of nitrogens with zero attached hydrogens (tertiary/aromatic N) is 2. The molecule has 0 aliphatic carbocycles. The molecule has 1 N–H and O–H groups in total. The lowest BCUT2D eigenvalue weighted by molar-refractivity contribution is 0.669. The first-order chi connectivity index (χ1) is 9.90. The van der Waals surface area contributed by atoms with Gasteiger partial charge < -0.3 is 9.73 Å². The van der Waals surface area contributed by atoms with Crippen molar-refractivity contribution in [3.8, 4) is 0 Å². The molecule has 98 valence electrons. The van der Waals surface area contributed by atoms with Gasteiger partial charge in [0.15, 0.2) is 0 Å². The summed E-state index contributed by atoms with van der Waals surface area (Å²) in [6, 6.07) is 14.2. The Labute approximate surface area is 119 Å². The number of hydrogen-bond acceptors (Lipinski definition) is 5. The molecule has 0 aliphatic rings. The van der Waals surface area contributed by atoms with E-state index in [1.807, 2.05) is 35.7 Å². The van der Waals surface area contributed by atoms with E-state index < -0.39 is 0 Å². The zero-order valence-electron chi connectivity index (χ0n) is 10.5. The lowest BCUT2D eigenvalue weighted by Crippen LogP contribution is -1.99. The molecule has 2 aromatic carbocycles. The van der Waals surface area contributed by atoms with Gasteiger partial charge in [0.2, 0.25) is 0 Å². The number of furan rings is 1. The first kappa shape index (κ1) is 11.4. The lowest BCUT2D eigenvalue weighted by Gasteiger charge is -2.03. The van der Waals surface area contributed by atoms with Crippen LogP contribution in [0, 0.1) is 0 Å². The van der Waals surface area contributed by atoms with Crippen LogP contribution in [0.15, 0.2) is 52.3 Å². The summed E-state index contributed by atoms with van der Waals surface area (Å²) in [7, 11) is 0. The average molecular weight is 281 g/mol. The van der Waals surface area contributed by atoms with E-state index in [1.54, 1.807) is 0 Å². The topological polar surface area (TPSA) is 51.0 Å². The molecule has 4 nitrogen and oxygen atoms in total. The molecule has 4 aromatic rings. The van der Waals surface area contributed by atoms with Crippen LogP contribution in [0.25, 0.3) is 21.9 Å². The molecule has 0 fully saturated rings. The number of nitrogens with one attached hydrogen (secondary N) is 1. The number of anilines is 1. The van der Waals surface area contributed by atoms with Crippen LogP contribution in [-0.4, -0.2) is 9.59 Å². The minimum absolute atomic E-state index is 0.678. The monoisotopic (exact) mass is 281 g/mol. The minimum atomic E-state index is 0.678. The van der Waals surface area contributed by atoms with E-state index in [9.17, 15) is 0 Å². The maximum atomic E-state index is 5.81. The summed E-state index contributed by atoms with van der Waals surface area (Å²) in [5, 5.41) is 11.6. The van der Waals surface area contributed by atoms with Crippen molar-refractivity contribution < 1.29 is 4.42 Å². The highest BCUT2D eigenvalue weighted by molar-refractivity contribution is 7.03. The quantitative estimate of drug-likeness (QED) is 0.615. The number of benzene rings is 2. The Hall–Kier alpha value is -2.40. The molecular formula is C15H11N3OS. The zero-order valence-corrected chi connectivity index (χ0v) is 11.4. The van der Waals surface area contributed by atoms with Crippen LogP contribution in [0.3, 0.4) is 0 Å². The molecule has 0 saturated heterocycles. The van der Waals surface area contributed by atoms with Gasteiger partial charge in [0.05, 0.1) is 12.2 Å². The SMILES string of the molecule is c1ccc2c(c1)oc1ccc(NCc3csnn3)cc12. The van der Waals surface area contributed by atoms with E-state index in [-0.39, 0.29) is 0 Å². The van der Waals surface area contributed by atoms with Crippen molar-refractivity contribution in [2.24, 2.45) is 0 Å². The Bertz CT molecular complexity index is 867. The molecule has 0 atom stereocenters. The molecule has 2 aromatic heterocycles. The molecule has 0 bridgehead atoms. The molecule has 0 radical (unpaired) electrons. The summed E-state index contributed by atoms with van der Waals surface area (Å²) in [6.07, 6.45) is 0. The highest BCUT2D eigenvalue weighted by Gasteiger charge is 2.06. The van der Waals surface area contributed by atoms with E-state index in [1.165, 1.54) is 11.5 Å². The van der Waals surface area contributed by atoms with Crippen LogP contribution in [0.5, 0.6) is 0 Å². The van der Waals surface area contributed by atoms with Gasteiger partial charge in [0.25, 0.3) is 0 Å². The van der Waals surface area contributed by atoms with Crippen molar-refractivity contribution in [3.63, 3.8) is 0 Å². The van der Waals surface area contributed by atoms with E-state index in [2.05, 4.69) is 27.0 Å². The Morgan fingerprint density at radius 3 is 2.85 bits per heavy atom. The van der Waals surface area contributed by atoms with Crippen molar-refractivity contribution in [2.75, 3.05) is 5.32 Å². The number of hydrogen-bond donors (Lipinski definition) is 1. The lowest BCUT2D eigenvalue weighted by atomic mass is 10.1. The summed E-state index contributed by atoms with van der Waals surface area (Å²) in [4.78, 5) is 0. The Kier molecular flexibility index (Phi) is 2.63. The summed E-state index contributed by atoms with van der Waals surface area (Å²) in [5.41, 5.74) is 3.83. The highest BCUT2D eigenvalue weighted by Crippen LogP contribution is 2.30. The summed E-state index contributed by atoms with van der Waals surface area (Å²) in [5.74, 6) is 0. The largest absolute Gasteiger partial charge is 0.456 e. The number of fused-ring (bicyclic) bond motifs is 3. The second-order valence-corrected chi connectivity index (χ2v) is 5.17. The number of aromatic nitrogens is 2. The third-order valence-corrected chi connectivity index (χ3v) is 3.81. The molecule has 5 heteroatoms. The minimum Gasteiger partial charge on any atom is -0.456 e. The van der Waals surface area contributed by atoms with Gasteiger partial charge >= 0.3 is 0 Å². The Morgan fingerprint density at radius 2 is 1.95 bits per heavy atom. The van der Waals surface area contributed by atoms with Crippen LogP contribution >= 0.6 is 11.5 Å². The fourth-order valence-electron chi connectivity index (χ4n) is 2.29. The predicted octanol–water partition coefficient (Wildman–Crippen LogP) is 4.05. The van der Waals surface area contributed by atoms with Crippen molar-refractivity contribution >= 4 is 39.2 Å². The van der Waals surface area contributed by atoms with Gasteiger partial charge in [-0.3, -0.25) is 0 Å². The predicted molar refractivity (Wildman–Crippen MR) is 81.0 cm³/mol. The molecule has 20 heavy (non-hydrogen) atoms. The molecule has 2 heterocycles. The van der Waals surface area contributed by atoms with Gasteiger partial charge in [-0.15, -0.1) is 5.10 Å². The van der Waals surface area contributed by atoms with Crippen molar-refractivity contribution in [2.45, 2.75) is 6.54 Å². The van der Waals surface area contributed by atoms with Gasteiger partial charge in [-0.1, -0.05) is 22.7 Å². The van der Waals surface area contributed by atoms with E-state index in [0.29, 0.717) is 6.54 Å². The van der Waals surface area contributed by atoms with E-state index >= 15 is 0 Å². The highest BCUT2D eigenvalue weighted by atomic mass is 32.1. The normalized spacial score (nSPS) is 11.2. The van der Waals surface area contributed by atoms with Crippen LogP contribution in [0.1, 0.15) is 5.69 Å².